The topological polar surface area (TPSA) is 118 Å². The Morgan fingerprint density at radius 3 is 2.56 bits per heavy atom. The molecule has 1 fully saturated rings. The molecule has 172 valence electrons. The van der Waals surface area contributed by atoms with E-state index in [4.69, 9.17) is 4.74 Å². The van der Waals surface area contributed by atoms with Crippen molar-refractivity contribution in [2.24, 2.45) is 0 Å². The zero-order valence-corrected chi connectivity index (χ0v) is 18.9. The standard InChI is InChI=1S/C25H23N5O4/c1-14-11-26-15(2)21(27-14)16-4-7-18(8-5-16)25(23(32)28-24(33)29-25)13-30-12-17-6-9-19(34-3)10-20(17)22(30)31/h4-12,31H,13H2,1-3H3,(H2,28,29,32,33)/t25-/m1/s1. The van der Waals surface area contributed by atoms with Crippen LogP contribution >= 0.6 is 0 Å². The first-order valence-corrected chi connectivity index (χ1v) is 10.7. The molecule has 34 heavy (non-hydrogen) atoms. The number of benzene rings is 2. The Labute approximate surface area is 195 Å². The Hall–Kier alpha value is -4.40. The molecular weight excluding hydrogens is 434 g/mol. The van der Waals surface area contributed by atoms with Crippen molar-refractivity contribution in [3.8, 4) is 22.9 Å². The maximum atomic E-state index is 13.1. The van der Waals surface area contributed by atoms with Gasteiger partial charge in [0.15, 0.2) is 11.4 Å². The molecule has 0 saturated carbocycles. The second-order valence-electron chi connectivity index (χ2n) is 8.37. The molecule has 1 aliphatic heterocycles. The van der Waals surface area contributed by atoms with Crippen LogP contribution in [-0.2, 0) is 16.9 Å². The van der Waals surface area contributed by atoms with Gasteiger partial charge in [0.25, 0.3) is 5.91 Å². The van der Waals surface area contributed by atoms with E-state index in [0.29, 0.717) is 16.7 Å². The van der Waals surface area contributed by atoms with Crippen molar-refractivity contribution in [2.45, 2.75) is 25.9 Å². The molecule has 2 aromatic carbocycles. The lowest BCUT2D eigenvalue weighted by molar-refractivity contribution is -0.124. The summed E-state index contributed by atoms with van der Waals surface area (Å²) in [6.07, 6.45) is 3.45. The first-order valence-electron chi connectivity index (χ1n) is 10.7. The summed E-state index contributed by atoms with van der Waals surface area (Å²) in [5.41, 5.74) is 2.37. The smallest absolute Gasteiger partial charge is 0.322 e. The van der Waals surface area contributed by atoms with E-state index in [1.165, 1.54) is 0 Å². The molecule has 4 aromatic rings. The van der Waals surface area contributed by atoms with Gasteiger partial charge in [-0.3, -0.25) is 15.1 Å². The van der Waals surface area contributed by atoms with Gasteiger partial charge in [0, 0.05) is 28.7 Å². The predicted molar refractivity (Wildman–Crippen MR) is 125 cm³/mol. The quantitative estimate of drug-likeness (QED) is 0.396. The molecule has 0 unspecified atom stereocenters. The molecule has 3 heterocycles. The van der Waals surface area contributed by atoms with E-state index < -0.39 is 17.5 Å². The van der Waals surface area contributed by atoms with Crippen LogP contribution in [0.2, 0.25) is 0 Å². The van der Waals surface area contributed by atoms with Gasteiger partial charge in [0.05, 0.1) is 30.7 Å². The molecule has 3 N–H and O–H groups in total. The van der Waals surface area contributed by atoms with E-state index in [1.54, 1.807) is 48.3 Å². The number of aromatic hydroxyl groups is 1. The highest BCUT2D eigenvalue weighted by atomic mass is 16.5. The highest BCUT2D eigenvalue weighted by Gasteiger charge is 2.48. The van der Waals surface area contributed by atoms with Gasteiger partial charge in [0.2, 0.25) is 0 Å². The van der Waals surface area contributed by atoms with Gasteiger partial charge in [0.1, 0.15) is 5.75 Å². The Balaban J connectivity index is 1.57. The third-order valence-corrected chi connectivity index (χ3v) is 6.14. The van der Waals surface area contributed by atoms with Crippen LogP contribution in [0.4, 0.5) is 4.79 Å². The van der Waals surface area contributed by atoms with Crippen molar-refractivity contribution in [3.05, 3.63) is 71.8 Å². The van der Waals surface area contributed by atoms with Crippen molar-refractivity contribution in [1.82, 2.24) is 25.2 Å². The minimum absolute atomic E-state index is 0.00394. The highest BCUT2D eigenvalue weighted by molar-refractivity contribution is 6.07. The number of carbonyl (C=O) groups is 2. The number of aryl methyl sites for hydroxylation is 2. The first kappa shape index (κ1) is 21.4. The van der Waals surface area contributed by atoms with Crippen LogP contribution in [-0.4, -0.2) is 38.7 Å². The Morgan fingerprint density at radius 2 is 1.88 bits per heavy atom. The van der Waals surface area contributed by atoms with Gasteiger partial charge >= 0.3 is 6.03 Å². The molecule has 9 heteroatoms. The summed E-state index contributed by atoms with van der Waals surface area (Å²) in [4.78, 5) is 34.2. The maximum absolute atomic E-state index is 13.1. The summed E-state index contributed by atoms with van der Waals surface area (Å²) in [6.45, 7) is 3.76. The van der Waals surface area contributed by atoms with Gasteiger partial charge < -0.3 is 19.7 Å². The van der Waals surface area contributed by atoms with Gasteiger partial charge in [-0.15, -0.1) is 0 Å². The monoisotopic (exact) mass is 457 g/mol. The summed E-state index contributed by atoms with van der Waals surface area (Å²) in [5.74, 6) is 0.0864. The zero-order chi connectivity index (χ0) is 24.0. The zero-order valence-electron chi connectivity index (χ0n) is 18.9. The molecule has 0 bridgehead atoms. The third-order valence-electron chi connectivity index (χ3n) is 6.14. The molecule has 2 aromatic heterocycles. The second-order valence-corrected chi connectivity index (χ2v) is 8.37. The molecule has 3 amide bonds. The highest BCUT2D eigenvalue weighted by Crippen LogP contribution is 2.35. The molecule has 9 nitrogen and oxygen atoms in total. The average Bonchev–Trinajstić information content (AvgIpc) is 3.30. The summed E-state index contributed by atoms with van der Waals surface area (Å²) in [7, 11) is 1.55. The lowest BCUT2D eigenvalue weighted by Gasteiger charge is -2.27. The van der Waals surface area contributed by atoms with Crippen molar-refractivity contribution < 1.29 is 19.4 Å². The molecule has 1 atom stereocenters. The van der Waals surface area contributed by atoms with Crippen LogP contribution in [0.15, 0.2) is 54.9 Å². The number of amides is 3. The second kappa shape index (κ2) is 7.87. The molecule has 0 radical (unpaired) electrons. The molecular formula is C25H23N5O4. The number of ether oxygens (including phenoxy) is 1. The van der Waals surface area contributed by atoms with E-state index in [9.17, 15) is 14.7 Å². The number of urea groups is 1. The molecule has 5 rings (SSSR count). The number of hydrogen-bond acceptors (Lipinski definition) is 6. The molecule has 1 aliphatic rings. The Bertz CT molecular complexity index is 1440. The Morgan fingerprint density at radius 1 is 1.12 bits per heavy atom. The van der Waals surface area contributed by atoms with Crippen LogP contribution in [0.5, 0.6) is 11.6 Å². The van der Waals surface area contributed by atoms with Crippen LogP contribution in [0.1, 0.15) is 17.0 Å². The number of nitrogens with zero attached hydrogens (tertiary/aromatic N) is 3. The number of rotatable bonds is 5. The lowest BCUT2D eigenvalue weighted by atomic mass is 9.88. The molecule has 0 spiro atoms. The summed E-state index contributed by atoms with van der Waals surface area (Å²) >= 11 is 0. The normalized spacial score (nSPS) is 17.6. The lowest BCUT2D eigenvalue weighted by Crippen LogP contribution is -2.47. The van der Waals surface area contributed by atoms with Crippen LogP contribution < -0.4 is 15.4 Å². The number of imide groups is 1. The van der Waals surface area contributed by atoms with Gasteiger partial charge in [-0.25, -0.2) is 9.78 Å². The number of nitrogens with one attached hydrogen (secondary N) is 2. The maximum Gasteiger partial charge on any atom is 0.322 e. The number of methoxy groups -OCH3 is 1. The average molecular weight is 457 g/mol. The van der Waals surface area contributed by atoms with Gasteiger partial charge in [-0.1, -0.05) is 24.3 Å². The fraction of sp³-hybridized carbons (Fsp3) is 0.200. The van der Waals surface area contributed by atoms with Crippen LogP contribution in [0, 0.1) is 13.8 Å². The van der Waals surface area contributed by atoms with Crippen molar-refractivity contribution >= 4 is 22.7 Å². The van der Waals surface area contributed by atoms with Crippen molar-refractivity contribution in [2.75, 3.05) is 7.11 Å². The summed E-state index contributed by atoms with van der Waals surface area (Å²) < 4.78 is 6.81. The van der Waals surface area contributed by atoms with E-state index >= 15 is 0 Å². The van der Waals surface area contributed by atoms with Gasteiger partial charge in [-0.05, 0) is 37.6 Å². The summed E-state index contributed by atoms with van der Waals surface area (Å²) in [5, 5.41) is 17.4. The Kier molecular flexibility index (Phi) is 4.97. The number of carbonyl (C=O) groups excluding carboxylic acids is 2. The van der Waals surface area contributed by atoms with Crippen LogP contribution in [0.25, 0.3) is 22.0 Å². The van der Waals surface area contributed by atoms with Gasteiger partial charge in [-0.2, -0.15) is 0 Å². The molecule has 0 aliphatic carbocycles. The number of aromatic nitrogens is 3. The minimum atomic E-state index is -1.40. The van der Waals surface area contributed by atoms with Crippen molar-refractivity contribution in [1.29, 1.82) is 0 Å². The molecule has 1 saturated heterocycles. The largest absolute Gasteiger partial charge is 0.497 e. The third kappa shape index (κ3) is 3.42. The number of hydrogen-bond donors (Lipinski definition) is 3. The predicted octanol–water partition coefficient (Wildman–Crippen LogP) is 3.16. The van der Waals surface area contributed by atoms with E-state index in [1.807, 2.05) is 32.0 Å². The fourth-order valence-electron chi connectivity index (χ4n) is 4.35. The van der Waals surface area contributed by atoms with Crippen LogP contribution in [0.3, 0.4) is 0 Å². The SMILES string of the molecule is COc1ccc2cn(C[C@]3(c4ccc(-c5nc(C)cnc5C)cc4)NC(=O)NC3=O)c(O)c2c1. The summed E-state index contributed by atoms with van der Waals surface area (Å²) in [6, 6.07) is 12.0. The number of fused-ring (bicyclic) bond motifs is 1. The van der Waals surface area contributed by atoms with E-state index in [2.05, 4.69) is 20.6 Å². The minimum Gasteiger partial charge on any atom is -0.497 e. The van der Waals surface area contributed by atoms with E-state index in [-0.39, 0.29) is 12.4 Å². The van der Waals surface area contributed by atoms with Crippen molar-refractivity contribution in [3.63, 3.8) is 0 Å². The fourth-order valence-corrected chi connectivity index (χ4v) is 4.35. The van der Waals surface area contributed by atoms with E-state index in [0.717, 1.165) is 28.0 Å². The first-order chi connectivity index (χ1) is 16.3.